The van der Waals surface area contributed by atoms with Crippen LogP contribution in [-0.2, 0) is 0 Å². The summed E-state index contributed by atoms with van der Waals surface area (Å²) in [6, 6.07) is 9.44. The first-order valence-corrected chi connectivity index (χ1v) is 9.68. The third-order valence-corrected chi connectivity index (χ3v) is 6.14. The Balaban J connectivity index is 1.51. The summed E-state index contributed by atoms with van der Waals surface area (Å²) < 4.78 is 5.57. The number of para-hydroxylation sites is 1. The summed E-state index contributed by atoms with van der Waals surface area (Å²) in [6.07, 6.45) is 11.0. The van der Waals surface area contributed by atoms with Gasteiger partial charge in [0, 0.05) is 6.04 Å². The van der Waals surface area contributed by atoms with E-state index >= 15 is 0 Å². The van der Waals surface area contributed by atoms with Crippen LogP contribution in [0.2, 0.25) is 0 Å². The molecule has 2 nitrogen and oxygen atoms in total. The van der Waals surface area contributed by atoms with Gasteiger partial charge in [0.25, 0.3) is 0 Å². The van der Waals surface area contributed by atoms with Gasteiger partial charge in [-0.05, 0) is 75.1 Å². The Morgan fingerprint density at radius 1 is 1.00 bits per heavy atom. The SMILES string of the molecule is CCCC1CCN(C2CCC(c3ccccc3OC)CC2)CC1. The summed E-state index contributed by atoms with van der Waals surface area (Å²) in [6.45, 7) is 5.01. The van der Waals surface area contributed by atoms with Crippen LogP contribution in [0.3, 0.4) is 0 Å². The Labute approximate surface area is 142 Å². The number of hydrogen-bond acceptors (Lipinski definition) is 2. The Bertz CT molecular complexity index is 470. The fourth-order valence-electron chi connectivity index (χ4n) is 4.77. The minimum absolute atomic E-state index is 0.694. The predicted molar refractivity (Wildman–Crippen MR) is 97.2 cm³/mol. The minimum Gasteiger partial charge on any atom is -0.496 e. The summed E-state index contributed by atoms with van der Waals surface area (Å²) in [4.78, 5) is 2.80. The zero-order valence-electron chi connectivity index (χ0n) is 15.0. The molecular weight excluding hydrogens is 282 g/mol. The maximum atomic E-state index is 5.57. The number of hydrogen-bond donors (Lipinski definition) is 0. The smallest absolute Gasteiger partial charge is 0.122 e. The van der Waals surface area contributed by atoms with E-state index in [1.807, 2.05) is 0 Å². The maximum Gasteiger partial charge on any atom is 0.122 e. The van der Waals surface area contributed by atoms with E-state index in [0.29, 0.717) is 5.92 Å². The molecule has 1 aliphatic heterocycles. The van der Waals surface area contributed by atoms with Crippen molar-refractivity contribution < 1.29 is 4.74 Å². The van der Waals surface area contributed by atoms with E-state index in [-0.39, 0.29) is 0 Å². The molecule has 2 fully saturated rings. The normalized spacial score (nSPS) is 27.0. The molecule has 1 saturated heterocycles. The monoisotopic (exact) mass is 315 g/mol. The fraction of sp³-hybridized carbons (Fsp3) is 0.714. The molecule has 0 unspecified atom stereocenters. The zero-order valence-corrected chi connectivity index (χ0v) is 15.0. The Morgan fingerprint density at radius 3 is 2.35 bits per heavy atom. The van der Waals surface area contributed by atoms with Gasteiger partial charge in [-0.3, -0.25) is 0 Å². The predicted octanol–water partition coefficient (Wildman–Crippen LogP) is 5.23. The molecule has 0 spiro atoms. The summed E-state index contributed by atoms with van der Waals surface area (Å²) in [5, 5.41) is 0. The Hall–Kier alpha value is -1.02. The van der Waals surface area contributed by atoms with Gasteiger partial charge in [-0.25, -0.2) is 0 Å². The van der Waals surface area contributed by atoms with Crippen molar-refractivity contribution in [2.45, 2.75) is 70.3 Å². The summed E-state index contributed by atoms with van der Waals surface area (Å²) in [5.41, 5.74) is 1.43. The molecule has 0 N–H and O–H groups in total. The highest BCUT2D eigenvalue weighted by molar-refractivity contribution is 5.36. The van der Waals surface area contributed by atoms with Crippen molar-refractivity contribution in [3.63, 3.8) is 0 Å². The summed E-state index contributed by atoms with van der Waals surface area (Å²) in [5.74, 6) is 2.78. The first-order chi connectivity index (χ1) is 11.3. The molecule has 0 amide bonds. The van der Waals surface area contributed by atoms with E-state index in [0.717, 1.165) is 17.7 Å². The first-order valence-electron chi connectivity index (χ1n) is 9.68. The van der Waals surface area contributed by atoms with E-state index in [9.17, 15) is 0 Å². The molecule has 2 aliphatic rings. The van der Waals surface area contributed by atoms with Gasteiger partial charge in [-0.1, -0.05) is 38.0 Å². The van der Waals surface area contributed by atoms with Crippen molar-refractivity contribution in [3.8, 4) is 5.75 Å². The van der Waals surface area contributed by atoms with Crippen LogP contribution in [0.5, 0.6) is 5.75 Å². The van der Waals surface area contributed by atoms with Crippen LogP contribution < -0.4 is 4.74 Å². The molecule has 1 saturated carbocycles. The van der Waals surface area contributed by atoms with E-state index in [1.54, 1.807) is 7.11 Å². The molecule has 128 valence electrons. The van der Waals surface area contributed by atoms with Crippen molar-refractivity contribution in [2.24, 2.45) is 5.92 Å². The molecule has 2 heteroatoms. The van der Waals surface area contributed by atoms with E-state index in [2.05, 4.69) is 36.1 Å². The molecule has 0 bridgehead atoms. The largest absolute Gasteiger partial charge is 0.496 e. The molecule has 3 rings (SSSR count). The van der Waals surface area contributed by atoms with Gasteiger partial charge < -0.3 is 9.64 Å². The second-order valence-corrected chi connectivity index (χ2v) is 7.52. The second-order valence-electron chi connectivity index (χ2n) is 7.52. The lowest BCUT2D eigenvalue weighted by molar-refractivity contribution is 0.0997. The first kappa shape index (κ1) is 16.8. The van der Waals surface area contributed by atoms with Crippen LogP contribution in [-0.4, -0.2) is 31.1 Å². The van der Waals surface area contributed by atoms with Crippen molar-refractivity contribution in [3.05, 3.63) is 29.8 Å². The molecule has 1 heterocycles. The number of methoxy groups -OCH3 is 1. The van der Waals surface area contributed by atoms with Crippen molar-refractivity contribution >= 4 is 0 Å². The number of benzene rings is 1. The fourth-order valence-corrected chi connectivity index (χ4v) is 4.77. The number of ether oxygens (including phenoxy) is 1. The molecule has 1 aliphatic carbocycles. The van der Waals surface area contributed by atoms with Crippen molar-refractivity contribution in [1.82, 2.24) is 4.90 Å². The second kappa shape index (κ2) is 8.19. The lowest BCUT2D eigenvalue weighted by Crippen LogP contribution is -2.43. The highest BCUT2D eigenvalue weighted by Crippen LogP contribution is 2.39. The highest BCUT2D eigenvalue weighted by Gasteiger charge is 2.30. The van der Waals surface area contributed by atoms with Gasteiger partial charge in [0.15, 0.2) is 0 Å². The van der Waals surface area contributed by atoms with Gasteiger partial charge in [0.05, 0.1) is 7.11 Å². The average Bonchev–Trinajstić information content (AvgIpc) is 2.63. The van der Waals surface area contributed by atoms with Crippen LogP contribution in [0, 0.1) is 5.92 Å². The van der Waals surface area contributed by atoms with Crippen LogP contribution >= 0.6 is 0 Å². The molecular formula is C21H33NO. The van der Waals surface area contributed by atoms with Gasteiger partial charge >= 0.3 is 0 Å². The molecule has 0 radical (unpaired) electrons. The highest BCUT2D eigenvalue weighted by atomic mass is 16.5. The average molecular weight is 316 g/mol. The lowest BCUT2D eigenvalue weighted by Gasteiger charge is -2.41. The molecule has 0 aromatic heterocycles. The molecule has 23 heavy (non-hydrogen) atoms. The van der Waals surface area contributed by atoms with E-state index < -0.39 is 0 Å². The van der Waals surface area contributed by atoms with Crippen molar-refractivity contribution in [2.75, 3.05) is 20.2 Å². The van der Waals surface area contributed by atoms with E-state index in [1.165, 1.54) is 70.0 Å². The topological polar surface area (TPSA) is 12.5 Å². The minimum atomic E-state index is 0.694. The lowest BCUT2D eigenvalue weighted by atomic mass is 9.80. The van der Waals surface area contributed by atoms with Crippen LogP contribution in [0.25, 0.3) is 0 Å². The standard InChI is InChI=1S/C21H33NO/c1-3-6-17-13-15-22(16-14-17)19-11-9-18(10-12-19)20-7-4-5-8-21(20)23-2/h4-5,7-8,17-19H,3,6,9-16H2,1-2H3. The Morgan fingerprint density at radius 2 is 1.70 bits per heavy atom. The van der Waals surface area contributed by atoms with Crippen LogP contribution in [0.1, 0.15) is 69.8 Å². The van der Waals surface area contributed by atoms with E-state index in [4.69, 9.17) is 4.74 Å². The number of nitrogens with zero attached hydrogens (tertiary/aromatic N) is 1. The molecule has 1 aromatic carbocycles. The Kier molecular flexibility index (Phi) is 5.99. The quantitative estimate of drug-likeness (QED) is 0.737. The van der Waals surface area contributed by atoms with Gasteiger partial charge in [0.1, 0.15) is 5.75 Å². The number of rotatable bonds is 5. The van der Waals surface area contributed by atoms with Crippen LogP contribution in [0.4, 0.5) is 0 Å². The van der Waals surface area contributed by atoms with Crippen molar-refractivity contribution in [1.29, 1.82) is 0 Å². The van der Waals surface area contributed by atoms with Gasteiger partial charge in [0.2, 0.25) is 0 Å². The number of likely N-dealkylation sites (tertiary alicyclic amines) is 1. The third kappa shape index (κ3) is 4.09. The summed E-state index contributed by atoms with van der Waals surface area (Å²) in [7, 11) is 1.80. The summed E-state index contributed by atoms with van der Waals surface area (Å²) >= 11 is 0. The zero-order chi connectivity index (χ0) is 16.1. The molecule has 0 atom stereocenters. The maximum absolute atomic E-state index is 5.57. The van der Waals surface area contributed by atoms with Gasteiger partial charge in [-0.2, -0.15) is 0 Å². The number of piperidine rings is 1. The van der Waals surface area contributed by atoms with Crippen LogP contribution in [0.15, 0.2) is 24.3 Å². The third-order valence-electron chi connectivity index (χ3n) is 6.14. The molecule has 1 aromatic rings. The van der Waals surface area contributed by atoms with Gasteiger partial charge in [-0.15, -0.1) is 0 Å².